The van der Waals surface area contributed by atoms with E-state index >= 15 is 0 Å². The largest absolute Gasteiger partial charge is 0.394 e. The Bertz CT molecular complexity index is 912. The smallest absolute Gasteiger partial charge is 0.178 e. The number of nitrogens with zero attached hydrogens (tertiary/aromatic N) is 3. The molecular formula is C22H25N3O2. The predicted molar refractivity (Wildman–Crippen MR) is 103 cm³/mol. The molecule has 0 saturated carbocycles. The molecule has 0 spiro atoms. The second-order valence-electron chi connectivity index (χ2n) is 7.94. The number of rotatable bonds is 5. The van der Waals surface area contributed by atoms with Crippen LogP contribution in [0.15, 0.2) is 30.3 Å². The summed E-state index contributed by atoms with van der Waals surface area (Å²) in [7, 11) is 0. The number of nitriles is 1. The van der Waals surface area contributed by atoms with Crippen molar-refractivity contribution in [3.05, 3.63) is 52.8 Å². The van der Waals surface area contributed by atoms with Gasteiger partial charge in [0.05, 0.1) is 24.8 Å². The number of hydrogen-bond donors (Lipinski definition) is 1. The van der Waals surface area contributed by atoms with Gasteiger partial charge in [-0.15, -0.1) is 0 Å². The maximum absolute atomic E-state index is 13.1. The molecule has 4 rings (SSSR count). The van der Waals surface area contributed by atoms with Crippen molar-refractivity contribution in [1.29, 1.82) is 5.26 Å². The van der Waals surface area contributed by atoms with Crippen molar-refractivity contribution in [3.63, 3.8) is 0 Å². The summed E-state index contributed by atoms with van der Waals surface area (Å²) < 4.78 is 2.06. The van der Waals surface area contributed by atoms with Gasteiger partial charge in [0.2, 0.25) is 0 Å². The third kappa shape index (κ3) is 2.80. The molecule has 0 radical (unpaired) electrons. The summed E-state index contributed by atoms with van der Waals surface area (Å²) in [5, 5.41) is 18.9. The molecule has 140 valence electrons. The first kappa shape index (κ1) is 18.0. The minimum absolute atomic E-state index is 0.120. The van der Waals surface area contributed by atoms with Crippen LogP contribution in [0.25, 0.3) is 5.69 Å². The van der Waals surface area contributed by atoms with Gasteiger partial charge in [-0.3, -0.25) is 9.69 Å². The number of Topliss-reactive ketones (excluding diaryl/α,β-unsaturated/α-hetero) is 1. The van der Waals surface area contributed by atoms with E-state index in [-0.39, 0.29) is 17.9 Å². The van der Waals surface area contributed by atoms with Gasteiger partial charge in [-0.25, -0.2) is 0 Å². The summed E-state index contributed by atoms with van der Waals surface area (Å²) in [6.07, 6.45) is 4.15. The molecule has 0 unspecified atom stereocenters. The van der Waals surface area contributed by atoms with Crippen LogP contribution in [0.3, 0.4) is 0 Å². The number of aliphatic hydroxyl groups excluding tert-OH is 1. The lowest BCUT2D eigenvalue weighted by Gasteiger charge is -2.32. The van der Waals surface area contributed by atoms with Gasteiger partial charge in [-0.2, -0.15) is 5.26 Å². The van der Waals surface area contributed by atoms with Crippen LogP contribution in [0, 0.1) is 25.2 Å². The van der Waals surface area contributed by atoms with Crippen LogP contribution < -0.4 is 0 Å². The number of carbonyl (C=O) groups is 1. The Labute approximate surface area is 159 Å². The topological polar surface area (TPSA) is 69.3 Å². The van der Waals surface area contributed by atoms with Gasteiger partial charge < -0.3 is 9.67 Å². The number of carbonyl (C=O) groups excluding carboxylic acids is 1. The fourth-order valence-corrected chi connectivity index (χ4v) is 5.04. The van der Waals surface area contributed by atoms with Crippen molar-refractivity contribution >= 4 is 5.78 Å². The monoisotopic (exact) mass is 363 g/mol. The summed E-state index contributed by atoms with van der Waals surface area (Å²) in [5.74, 6) is 0.120. The van der Waals surface area contributed by atoms with Gasteiger partial charge in [0, 0.05) is 34.2 Å². The van der Waals surface area contributed by atoms with E-state index in [0.717, 1.165) is 48.3 Å². The standard InChI is InChI=1S/C22H25N3O2/c1-15-11-20(16(2)25(15)19-5-3-17(12-23)4-6-19)21(27)13-24-18-7-9-22(24,14-26)10-8-18/h3-6,11,18,26H,7-10,13-14H2,1-2H3. The number of benzene rings is 1. The van der Waals surface area contributed by atoms with Crippen LogP contribution in [-0.2, 0) is 0 Å². The fourth-order valence-electron chi connectivity index (χ4n) is 5.04. The fraction of sp³-hybridized carbons (Fsp3) is 0.455. The molecule has 2 saturated heterocycles. The Hall–Kier alpha value is -2.42. The number of fused-ring (bicyclic) bond motifs is 2. The number of aryl methyl sites for hydroxylation is 1. The van der Waals surface area contributed by atoms with E-state index in [4.69, 9.17) is 5.26 Å². The molecule has 1 aromatic heterocycles. The first-order chi connectivity index (χ1) is 13.0. The molecule has 5 heteroatoms. The van der Waals surface area contributed by atoms with E-state index < -0.39 is 0 Å². The second kappa shape index (κ2) is 6.63. The Kier molecular flexibility index (Phi) is 4.41. The van der Waals surface area contributed by atoms with E-state index in [0.29, 0.717) is 18.2 Å². The maximum atomic E-state index is 13.1. The summed E-state index contributed by atoms with van der Waals surface area (Å²) in [6.45, 7) is 4.49. The second-order valence-corrected chi connectivity index (χ2v) is 7.94. The van der Waals surface area contributed by atoms with Crippen molar-refractivity contribution in [2.24, 2.45) is 0 Å². The molecule has 2 bridgehead atoms. The number of aliphatic hydroxyl groups is 1. The van der Waals surface area contributed by atoms with Gasteiger partial charge in [0.25, 0.3) is 0 Å². The molecule has 2 aliphatic rings. The molecule has 5 nitrogen and oxygen atoms in total. The Balaban J connectivity index is 1.61. The average molecular weight is 363 g/mol. The first-order valence-electron chi connectivity index (χ1n) is 9.59. The van der Waals surface area contributed by atoms with Gasteiger partial charge in [-0.1, -0.05) is 0 Å². The molecule has 1 aromatic carbocycles. The number of hydrogen-bond acceptors (Lipinski definition) is 4. The third-order valence-corrected chi connectivity index (χ3v) is 6.53. The molecule has 0 amide bonds. The molecule has 2 fully saturated rings. The molecular weight excluding hydrogens is 338 g/mol. The van der Waals surface area contributed by atoms with Crippen molar-refractivity contribution < 1.29 is 9.90 Å². The van der Waals surface area contributed by atoms with Crippen molar-refractivity contribution in [3.8, 4) is 11.8 Å². The summed E-state index contributed by atoms with van der Waals surface area (Å²) >= 11 is 0. The van der Waals surface area contributed by atoms with E-state index in [1.165, 1.54) is 0 Å². The minimum Gasteiger partial charge on any atom is -0.394 e. The Morgan fingerprint density at radius 3 is 2.52 bits per heavy atom. The maximum Gasteiger partial charge on any atom is 0.178 e. The van der Waals surface area contributed by atoms with E-state index in [1.807, 2.05) is 32.0 Å². The quantitative estimate of drug-likeness (QED) is 0.829. The normalized spacial score (nSPS) is 24.3. The molecule has 2 aromatic rings. The van der Waals surface area contributed by atoms with E-state index in [2.05, 4.69) is 15.5 Å². The van der Waals surface area contributed by atoms with Crippen LogP contribution in [0.2, 0.25) is 0 Å². The first-order valence-corrected chi connectivity index (χ1v) is 9.59. The number of ketones is 1. The Morgan fingerprint density at radius 2 is 1.93 bits per heavy atom. The molecule has 0 atom stereocenters. The van der Waals surface area contributed by atoms with Gasteiger partial charge in [0.1, 0.15) is 0 Å². The van der Waals surface area contributed by atoms with Crippen LogP contribution >= 0.6 is 0 Å². The lowest BCUT2D eigenvalue weighted by molar-refractivity contribution is 0.0654. The minimum atomic E-state index is -0.182. The van der Waals surface area contributed by atoms with Gasteiger partial charge >= 0.3 is 0 Å². The predicted octanol–water partition coefficient (Wildman–Crippen LogP) is 3.14. The molecule has 27 heavy (non-hydrogen) atoms. The molecule has 2 aliphatic heterocycles. The van der Waals surface area contributed by atoms with Crippen LogP contribution in [-0.4, -0.2) is 45.1 Å². The van der Waals surface area contributed by atoms with E-state index in [9.17, 15) is 9.90 Å². The van der Waals surface area contributed by atoms with Crippen molar-refractivity contribution in [1.82, 2.24) is 9.47 Å². The number of aromatic nitrogens is 1. The molecule has 0 aliphatic carbocycles. The third-order valence-electron chi connectivity index (χ3n) is 6.53. The van der Waals surface area contributed by atoms with Crippen LogP contribution in [0.4, 0.5) is 0 Å². The molecule has 1 N–H and O–H groups in total. The highest BCUT2D eigenvalue weighted by Gasteiger charge is 2.51. The highest BCUT2D eigenvalue weighted by molar-refractivity contribution is 5.99. The van der Waals surface area contributed by atoms with Crippen molar-refractivity contribution in [2.45, 2.75) is 51.1 Å². The van der Waals surface area contributed by atoms with Gasteiger partial charge in [-0.05, 0) is 69.9 Å². The van der Waals surface area contributed by atoms with E-state index in [1.54, 1.807) is 12.1 Å². The SMILES string of the molecule is Cc1cc(C(=O)CN2C3CCC2(CO)CC3)c(C)n1-c1ccc(C#N)cc1. The summed E-state index contributed by atoms with van der Waals surface area (Å²) in [6, 6.07) is 11.9. The summed E-state index contributed by atoms with van der Waals surface area (Å²) in [4.78, 5) is 15.4. The highest BCUT2D eigenvalue weighted by Crippen LogP contribution is 2.46. The van der Waals surface area contributed by atoms with Gasteiger partial charge in [0.15, 0.2) is 5.78 Å². The zero-order chi connectivity index (χ0) is 19.2. The lowest BCUT2D eigenvalue weighted by Crippen LogP contribution is -2.46. The lowest BCUT2D eigenvalue weighted by atomic mass is 9.88. The summed E-state index contributed by atoms with van der Waals surface area (Å²) in [5.41, 5.74) is 4.07. The zero-order valence-corrected chi connectivity index (χ0v) is 15.9. The Morgan fingerprint density at radius 1 is 1.26 bits per heavy atom. The average Bonchev–Trinajstić information content (AvgIpc) is 3.31. The zero-order valence-electron chi connectivity index (χ0n) is 15.9. The van der Waals surface area contributed by atoms with Crippen LogP contribution in [0.5, 0.6) is 0 Å². The van der Waals surface area contributed by atoms with Crippen LogP contribution in [0.1, 0.15) is 53.0 Å². The van der Waals surface area contributed by atoms with Crippen molar-refractivity contribution in [2.75, 3.05) is 13.2 Å². The highest BCUT2D eigenvalue weighted by atomic mass is 16.3. The molecule has 3 heterocycles.